The van der Waals surface area contributed by atoms with Crippen LogP contribution in [0.1, 0.15) is 53.5 Å². The maximum atomic E-state index is 13.3. The van der Waals surface area contributed by atoms with Gasteiger partial charge in [-0.1, -0.05) is 53.1 Å². The highest BCUT2D eigenvalue weighted by atomic mass is 32.2. The topological polar surface area (TPSA) is 142 Å². The first-order valence-corrected chi connectivity index (χ1v) is 15.0. The lowest BCUT2D eigenvalue weighted by atomic mass is 9.97. The van der Waals surface area contributed by atoms with Crippen LogP contribution in [-0.4, -0.2) is 42.5 Å². The van der Waals surface area contributed by atoms with Crippen LogP contribution in [0.15, 0.2) is 60.7 Å². The van der Waals surface area contributed by atoms with Gasteiger partial charge in [-0.25, -0.2) is 0 Å². The van der Waals surface area contributed by atoms with Crippen LogP contribution in [0.3, 0.4) is 0 Å². The van der Waals surface area contributed by atoms with Crippen molar-refractivity contribution in [3.63, 3.8) is 0 Å². The van der Waals surface area contributed by atoms with Crippen molar-refractivity contribution in [3.8, 4) is 5.75 Å². The minimum absolute atomic E-state index is 0.215. The van der Waals surface area contributed by atoms with Gasteiger partial charge in [0.1, 0.15) is 11.9 Å². The fourth-order valence-corrected chi connectivity index (χ4v) is 5.31. The third kappa shape index (κ3) is 11.0. The van der Waals surface area contributed by atoms with E-state index in [0.29, 0.717) is 5.75 Å². The second-order valence-corrected chi connectivity index (χ2v) is 14.3. The molecule has 0 aromatic heterocycles. The van der Waals surface area contributed by atoms with Crippen LogP contribution in [0, 0.1) is 10.8 Å². The normalized spacial score (nSPS) is 14.3. The van der Waals surface area contributed by atoms with E-state index in [1.165, 1.54) is 41.5 Å². The Balaban J connectivity index is 2.34. The lowest BCUT2D eigenvalue weighted by molar-refractivity contribution is -0.243. The molecule has 10 nitrogen and oxygen atoms in total. The number of ether oxygens (including phenoxy) is 3. The fraction of sp³-hybridized carbons (Fsp3) is 0.481. The van der Waals surface area contributed by atoms with E-state index in [4.69, 9.17) is 18.7 Å². The summed E-state index contributed by atoms with van der Waals surface area (Å²) < 4.78 is 69.4. The molecule has 0 saturated heterocycles. The number of benzene rings is 2. The number of carbonyl (C=O) groups is 2. The summed E-state index contributed by atoms with van der Waals surface area (Å²) in [5.74, 6) is -1.27. The molecule has 12 heteroatoms. The van der Waals surface area contributed by atoms with Gasteiger partial charge in [-0.3, -0.25) is 14.1 Å². The van der Waals surface area contributed by atoms with Gasteiger partial charge in [0.2, 0.25) is 0 Å². The molecule has 0 heterocycles. The van der Waals surface area contributed by atoms with Crippen LogP contribution in [0.4, 0.5) is 0 Å². The molecule has 2 aromatic carbocycles. The van der Waals surface area contributed by atoms with E-state index in [1.807, 2.05) is 18.2 Å². The molecule has 0 radical (unpaired) electrons. The molecule has 0 aliphatic heterocycles. The fourth-order valence-electron chi connectivity index (χ4n) is 3.03. The largest absolute Gasteiger partial charge is 0.537 e. The van der Waals surface area contributed by atoms with Gasteiger partial charge >= 0.3 is 41.6 Å². The van der Waals surface area contributed by atoms with E-state index in [9.17, 15) is 27.1 Å². The van der Waals surface area contributed by atoms with Crippen LogP contribution in [0.2, 0.25) is 0 Å². The van der Waals surface area contributed by atoms with Gasteiger partial charge in [-0.05, 0) is 63.8 Å². The maximum absolute atomic E-state index is 13.3. The van der Waals surface area contributed by atoms with Gasteiger partial charge in [-0.2, -0.15) is 8.42 Å². The van der Waals surface area contributed by atoms with Crippen LogP contribution in [-0.2, 0) is 44.7 Å². The van der Waals surface area contributed by atoms with E-state index in [0.717, 1.165) is 5.56 Å². The average Bonchev–Trinajstić information content (AvgIpc) is 2.81. The highest BCUT2D eigenvalue weighted by Crippen LogP contribution is 2.39. The minimum atomic E-state index is -4.97. The SMILES string of the molecule is CC(C)(C)C(=O)OC(OC(=O)C(C)(C)C)O[P+](=O)[C@H](CC(Cc1ccccc1)Oc1ccccc1)S(=O)(=O)O. The number of esters is 2. The summed E-state index contributed by atoms with van der Waals surface area (Å²) in [4.78, 5) is 22.9. The molecule has 0 amide bonds. The zero-order valence-corrected chi connectivity index (χ0v) is 24.6. The molecule has 0 spiro atoms. The molecule has 39 heavy (non-hydrogen) atoms. The van der Waals surface area contributed by atoms with Crippen molar-refractivity contribution in [3.05, 3.63) is 66.2 Å². The number of hydrogen-bond acceptors (Lipinski definition) is 9. The van der Waals surface area contributed by atoms with Crippen LogP contribution in [0.25, 0.3) is 0 Å². The monoisotopic (exact) mass is 583 g/mol. The van der Waals surface area contributed by atoms with Crippen molar-refractivity contribution < 1.29 is 45.9 Å². The van der Waals surface area contributed by atoms with Gasteiger partial charge in [0.05, 0.1) is 17.3 Å². The lowest BCUT2D eigenvalue weighted by Gasteiger charge is -2.23. The van der Waals surface area contributed by atoms with E-state index in [1.54, 1.807) is 42.5 Å². The predicted octanol–water partition coefficient (Wildman–Crippen LogP) is 5.50. The standard InChI is InChI=1S/C27H35O10PS/c1-26(2,3)23(28)35-25(36-24(29)27(4,5)6)37-38(30)22(39(31,32)33)18-21(17-19-13-9-7-10-14-19)34-20-15-11-8-12-16-20/h7-16,21-22,25H,17-18H2,1-6H3/p+1/t21?,22-/m0/s1. The molecule has 0 bridgehead atoms. The van der Waals surface area contributed by atoms with Gasteiger partial charge in [0.15, 0.2) is 0 Å². The second-order valence-electron chi connectivity index (χ2n) is 10.9. The van der Waals surface area contributed by atoms with Crippen LogP contribution in [0.5, 0.6) is 5.75 Å². The quantitative estimate of drug-likeness (QED) is 0.147. The number of rotatable bonds is 12. The second kappa shape index (κ2) is 13.5. The Morgan fingerprint density at radius 3 is 1.74 bits per heavy atom. The van der Waals surface area contributed by atoms with E-state index < -0.39 is 64.9 Å². The summed E-state index contributed by atoms with van der Waals surface area (Å²) in [5, 5.41) is 0. The Morgan fingerprint density at radius 2 is 1.31 bits per heavy atom. The summed E-state index contributed by atoms with van der Waals surface area (Å²) in [5.41, 5.74) is -1.29. The minimum Gasteiger partial charge on any atom is -0.490 e. The molecule has 3 atom stereocenters. The van der Waals surface area contributed by atoms with Crippen LogP contribution < -0.4 is 4.74 Å². The highest BCUT2D eigenvalue weighted by molar-refractivity contribution is 7.92. The van der Waals surface area contributed by atoms with Crippen LogP contribution >= 0.6 is 8.03 Å². The summed E-state index contributed by atoms with van der Waals surface area (Å²) in [6, 6.07) is 17.6. The molecule has 0 saturated carbocycles. The molecule has 0 aliphatic rings. The van der Waals surface area contributed by atoms with Gasteiger partial charge in [0.25, 0.3) is 0 Å². The van der Waals surface area contributed by atoms with E-state index in [2.05, 4.69) is 0 Å². The van der Waals surface area contributed by atoms with Crippen molar-refractivity contribution in [2.45, 2.75) is 72.0 Å². The van der Waals surface area contributed by atoms with Gasteiger partial charge in [-0.15, -0.1) is 0 Å². The van der Waals surface area contributed by atoms with Crippen molar-refractivity contribution in [1.82, 2.24) is 0 Å². The van der Waals surface area contributed by atoms with Gasteiger partial charge < -0.3 is 14.2 Å². The number of para-hydroxylation sites is 1. The zero-order chi connectivity index (χ0) is 29.4. The van der Waals surface area contributed by atoms with Crippen molar-refractivity contribution in [1.29, 1.82) is 0 Å². The first kappa shape index (κ1) is 32.4. The first-order valence-electron chi connectivity index (χ1n) is 12.2. The molecular formula is C27H36O10PS+. The molecule has 0 fully saturated rings. The maximum Gasteiger partial charge on any atom is 0.537 e. The zero-order valence-electron chi connectivity index (χ0n) is 22.9. The molecule has 2 unspecified atom stereocenters. The molecule has 2 rings (SSSR count). The van der Waals surface area contributed by atoms with Crippen molar-refractivity contribution >= 4 is 30.1 Å². The molecule has 214 valence electrons. The summed E-state index contributed by atoms with van der Waals surface area (Å²) in [6.45, 7) is 7.10. The Kier molecular flexibility index (Phi) is 11.2. The molecule has 2 aromatic rings. The molecular weight excluding hydrogens is 547 g/mol. The van der Waals surface area contributed by atoms with Crippen molar-refractivity contribution in [2.24, 2.45) is 10.8 Å². The average molecular weight is 584 g/mol. The van der Waals surface area contributed by atoms with E-state index in [-0.39, 0.29) is 6.42 Å². The third-order valence-electron chi connectivity index (χ3n) is 5.22. The number of hydrogen-bond donors (Lipinski definition) is 1. The third-order valence-corrected chi connectivity index (χ3v) is 8.47. The first-order chi connectivity index (χ1) is 18.0. The van der Waals surface area contributed by atoms with Crippen molar-refractivity contribution in [2.75, 3.05) is 0 Å². The number of carbonyl (C=O) groups excluding carboxylic acids is 2. The molecule has 0 aliphatic carbocycles. The predicted molar refractivity (Wildman–Crippen MR) is 145 cm³/mol. The summed E-state index contributed by atoms with van der Waals surface area (Å²) in [7, 11) is -8.28. The van der Waals surface area contributed by atoms with Gasteiger partial charge in [0, 0.05) is 6.42 Å². The smallest absolute Gasteiger partial charge is 0.490 e. The molecule has 1 N–H and O–H groups in total. The Morgan fingerprint density at radius 1 is 0.846 bits per heavy atom. The summed E-state index contributed by atoms with van der Waals surface area (Å²) in [6.07, 6.45) is -1.10. The lowest BCUT2D eigenvalue weighted by Crippen LogP contribution is -2.36. The Bertz CT molecular complexity index is 1150. The summed E-state index contributed by atoms with van der Waals surface area (Å²) >= 11 is 0. The highest BCUT2D eigenvalue weighted by Gasteiger charge is 2.49. The Hall–Kier alpha value is -2.85. The van der Waals surface area contributed by atoms with E-state index >= 15 is 0 Å². The Labute approximate surface area is 230 Å².